The minimum absolute atomic E-state index is 0.105. The lowest BCUT2D eigenvalue weighted by molar-refractivity contribution is -0.116. The molecule has 172 valence electrons. The number of carbonyl (C=O) groups excluding carboxylic acids is 3. The summed E-state index contributed by atoms with van der Waals surface area (Å²) in [5, 5.41) is 0.563. The molecule has 0 atom stereocenters. The molecule has 4 rings (SSSR count). The zero-order valence-electron chi connectivity index (χ0n) is 19.0. The number of allylic oxidation sites excluding steroid dienone is 1. The van der Waals surface area contributed by atoms with E-state index in [0.717, 1.165) is 16.7 Å². The second kappa shape index (κ2) is 10.1. The molecule has 6 heteroatoms. The van der Waals surface area contributed by atoms with Crippen LogP contribution in [0.3, 0.4) is 0 Å². The van der Waals surface area contributed by atoms with Crippen molar-refractivity contribution in [2.45, 2.75) is 26.3 Å². The molecule has 0 saturated carbocycles. The summed E-state index contributed by atoms with van der Waals surface area (Å²) >= 11 is 6.34. The average molecular weight is 474 g/mol. The van der Waals surface area contributed by atoms with Crippen LogP contribution in [-0.2, 0) is 16.1 Å². The van der Waals surface area contributed by atoms with Gasteiger partial charge in [-0.25, -0.2) is 4.79 Å². The summed E-state index contributed by atoms with van der Waals surface area (Å²) in [7, 11) is 1.31. The molecule has 1 aliphatic rings. The Balaban J connectivity index is 1.90. The molecule has 0 bridgehead atoms. The highest BCUT2D eigenvalue weighted by Crippen LogP contribution is 2.39. The Morgan fingerprint density at radius 3 is 2.26 bits per heavy atom. The normalized spacial score (nSPS) is 12.9. The SMILES string of the molecule is CCCC(=O)C1=C(c2ccccc2)c2cc(Cl)ccc2CN1C(=O)c1ccc(C(=O)OC)cc1. The van der Waals surface area contributed by atoms with Gasteiger partial charge in [0.05, 0.1) is 24.9 Å². The van der Waals surface area contributed by atoms with Gasteiger partial charge in [-0.3, -0.25) is 14.5 Å². The molecule has 34 heavy (non-hydrogen) atoms. The van der Waals surface area contributed by atoms with Gasteiger partial charge in [0.15, 0.2) is 5.78 Å². The van der Waals surface area contributed by atoms with Crippen LogP contribution >= 0.6 is 11.6 Å². The van der Waals surface area contributed by atoms with Crippen LogP contribution in [0.1, 0.15) is 57.2 Å². The van der Waals surface area contributed by atoms with Crippen LogP contribution in [0.2, 0.25) is 5.02 Å². The zero-order valence-corrected chi connectivity index (χ0v) is 19.8. The van der Waals surface area contributed by atoms with Crippen molar-refractivity contribution in [1.29, 1.82) is 0 Å². The molecule has 0 N–H and O–H groups in total. The second-order valence-corrected chi connectivity index (χ2v) is 8.46. The molecule has 0 unspecified atom stereocenters. The lowest BCUT2D eigenvalue weighted by Gasteiger charge is -2.33. The summed E-state index contributed by atoms with van der Waals surface area (Å²) in [6.07, 6.45) is 0.968. The Labute approximate surface area is 203 Å². The number of methoxy groups -OCH3 is 1. The number of Topliss-reactive ketones (excluding diaryl/α,β-unsaturated/α-hetero) is 1. The summed E-state index contributed by atoms with van der Waals surface area (Å²) in [5.74, 6) is -0.899. The standard InChI is InChI=1S/C28H24ClNO4/c1-3-7-24(31)26-25(18-8-5-4-6-9-18)23-16-22(29)15-14-21(23)17-30(26)27(32)19-10-12-20(13-11-19)28(33)34-2/h4-6,8-16H,3,7,17H2,1-2H3. The summed E-state index contributed by atoms with van der Waals surface area (Å²) < 4.78 is 4.74. The smallest absolute Gasteiger partial charge is 0.337 e. The first-order valence-electron chi connectivity index (χ1n) is 11.1. The first-order valence-corrected chi connectivity index (χ1v) is 11.4. The number of hydrogen-bond acceptors (Lipinski definition) is 4. The number of halogens is 1. The zero-order chi connectivity index (χ0) is 24.2. The minimum Gasteiger partial charge on any atom is -0.465 e. The van der Waals surface area contributed by atoms with Gasteiger partial charge < -0.3 is 4.74 Å². The van der Waals surface area contributed by atoms with E-state index < -0.39 is 5.97 Å². The Bertz CT molecular complexity index is 1280. The summed E-state index contributed by atoms with van der Waals surface area (Å²) in [4.78, 5) is 40.5. The third-order valence-corrected chi connectivity index (χ3v) is 6.01. The van der Waals surface area contributed by atoms with Crippen molar-refractivity contribution in [2.75, 3.05) is 7.11 Å². The van der Waals surface area contributed by atoms with E-state index in [9.17, 15) is 14.4 Å². The van der Waals surface area contributed by atoms with Crippen LogP contribution in [0.25, 0.3) is 5.57 Å². The van der Waals surface area contributed by atoms with Gasteiger partial charge in [0.2, 0.25) is 0 Å². The highest BCUT2D eigenvalue weighted by molar-refractivity contribution is 6.31. The predicted octanol–water partition coefficient (Wildman–Crippen LogP) is 5.91. The number of amides is 1. The van der Waals surface area contributed by atoms with E-state index in [1.54, 1.807) is 35.2 Å². The van der Waals surface area contributed by atoms with Gasteiger partial charge in [-0.2, -0.15) is 0 Å². The van der Waals surface area contributed by atoms with Crippen molar-refractivity contribution in [1.82, 2.24) is 4.90 Å². The Hall–Kier alpha value is -3.70. The average Bonchev–Trinajstić information content (AvgIpc) is 2.87. The molecule has 0 spiro atoms. The second-order valence-electron chi connectivity index (χ2n) is 8.02. The highest BCUT2D eigenvalue weighted by atomic mass is 35.5. The van der Waals surface area contributed by atoms with Crippen molar-refractivity contribution < 1.29 is 19.1 Å². The van der Waals surface area contributed by atoms with Crippen LogP contribution in [-0.4, -0.2) is 29.7 Å². The molecule has 0 saturated heterocycles. The van der Waals surface area contributed by atoms with Crippen LogP contribution in [0.15, 0.2) is 78.5 Å². The summed E-state index contributed by atoms with van der Waals surface area (Å²) in [6, 6.07) is 21.4. The third kappa shape index (κ3) is 4.52. The van der Waals surface area contributed by atoms with Crippen molar-refractivity contribution in [3.05, 3.63) is 111 Å². The minimum atomic E-state index is -0.479. The maximum Gasteiger partial charge on any atom is 0.337 e. The molecule has 1 heterocycles. The summed E-state index contributed by atoms with van der Waals surface area (Å²) in [5.41, 5.74) is 4.37. The van der Waals surface area contributed by atoms with E-state index in [1.165, 1.54) is 7.11 Å². The lowest BCUT2D eigenvalue weighted by atomic mass is 9.86. The maximum absolute atomic E-state index is 13.7. The van der Waals surface area contributed by atoms with E-state index in [0.29, 0.717) is 40.3 Å². The lowest BCUT2D eigenvalue weighted by Crippen LogP contribution is -2.37. The van der Waals surface area contributed by atoms with Crippen LogP contribution < -0.4 is 0 Å². The van der Waals surface area contributed by atoms with E-state index >= 15 is 0 Å². The molecule has 0 fully saturated rings. The highest BCUT2D eigenvalue weighted by Gasteiger charge is 2.34. The van der Waals surface area contributed by atoms with Crippen LogP contribution in [0.4, 0.5) is 0 Å². The van der Waals surface area contributed by atoms with E-state index in [2.05, 4.69) is 0 Å². The number of esters is 1. The first-order chi connectivity index (χ1) is 16.4. The van der Waals surface area contributed by atoms with E-state index in [1.807, 2.05) is 49.4 Å². The molecule has 1 amide bonds. The fourth-order valence-electron chi connectivity index (χ4n) is 4.16. The monoisotopic (exact) mass is 473 g/mol. The fourth-order valence-corrected chi connectivity index (χ4v) is 4.33. The number of fused-ring (bicyclic) bond motifs is 1. The quantitative estimate of drug-likeness (QED) is 0.417. The van der Waals surface area contributed by atoms with Crippen molar-refractivity contribution in [3.63, 3.8) is 0 Å². The maximum atomic E-state index is 13.7. The fraction of sp³-hybridized carbons (Fsp3) is 0.179. The predicted molar refractivity (Wildman–Crippen MR) is 131 cm³/mol. The number of nitrogens with zero attached hydrogens (tertiary/aromatic N) is 1. The molecular weight excluding hydrogens is 450 g/mol. The third-order valence-electron chi connectivity index (χ3n) is 5.78. The number of hydrogen-bond donors (Lipinski definition) is 0. The van der Waals surface area contributed by atoms with Crippen LogP contribution in [0.5, 0.6) is 0 Å². The topological polar surface area (TPSA) is 63.7 Å². The van der Waals surface area contributed by atoms with E-state index in [-0.39, 0.29) is 18.2 Å². The molecule has 0 radical (unpaired) electrons. The van der Waals surface area contributed by atoms with Gasteiger partial charge in [-0.1, -0.05) is 54.9 Å². The first kappa shape index (κ1) is 23.5. The van der Waals surface area contributed by atoms with Gasteiger partial charge in [0, 0.05) is 22.6 Å². The van der Waals surface area contributed by atoms with Crippen molar-refractivity contribution in [2.24, 2.45) is 0 Å². The number of carbonyl (C=O) groups is 3. The van der Waals surface area contributed by atoms with Gasteiger partial charge in [0.1, 0.15) is 0 Å². The molecule has 3 aromatic carbocycles. The van der Waals surface area contributed by atoms with Gasteiger partial charge in [-0.15, -0.1) is 0 Å². The van der Waals surface area contributed by atoms with Gasteiger partial charge in [0.25, 0.3) is 5.91 Å². The number of rotatable bonds is 6. The Morgan fingerprint density at radius 2 is 1.62 bits per heavy atom. The van der Waals surface area contributed by atoms with Crippen molar-refractivity contribution in [3.8, 4) is 0 Å². The molecular formula is C28H24ClNO4. The molecule has 0 aromatic heterocycles. The Morgan fingerprint density at radius 1 is 0.941 bits per heavy atom. The largest absolute Gasteiger partial charge is 0.465 e. The molecule has 0 aliphatic carbocycles. The van der Waals surface area contributed by atoms with Gasteiger partial charge >= 0.3 is 5.97 Å². The Kier molecular flexibility index (Phi) is 6.94. The van der Waals surface area contributed by atoms with Crippen LogP contribution in [0, 0.1) is 0 Å². The number of benzene rings is 3. The summed E-state index contributed by atoms with van der Waals surface area (Å²) in [6.45, 7) is 2.18. The van der Waals surface area contributed by atoms with E-state index in [4.69, 9.17) is 16.3 Å². The van der Waals surface area contributed by atoms with Gasteiger partial charge in [-0.05, 0) is 59.5 Å². The molecule has 5 nitrogen and oxygen atoms in total. The van der Waals surface area contributed by atoms with Crippen molar-refractivity contribution >= 4 is 34.8 Å². The molecule has 3 aromatic rings. The number of ether oxygens (including phenoxy) is 1. The molecule has 1 aliphatic heterocycles. The number of ketones is 1.